The van der Waals surface area contributed by atoms with Gasteiger partial charge in [0.25, 0.3) is 0 Å². The summed E-state index contributed by atoms with van der Waals surface area (Å²) in [5, 5.41) is 2.70. The molecule has 0 rings (SSSR count). The molecule has 0 unspecified atom stereocenters. The van der Waals surface area contributed by atoms with Crippen LogP contribution in [0, 0.1) is 11.8 Å². The normalized spacial score (nSPS) is 15.3. The van der Waals surface area contributed by atoms with Gasteiger partial charge in [0.15, 0.2) is 0 Å². The molecular formula is C14H23NO3. The van der Waals surface area contributed by atoms with Gasteiger partial charge in [-0.1, -0.05) is 26.0 Å². The third-order valence-electron chi connectivity index (χ3n) is 2.66. The maximum absolute atomic E-state index is 11.5. The quantitative estimate of drug-likeness (QED) is 0.449. The summed E-state index contributed by atoms with van der Waals surface area (Å²) in [5.74, 6) is -0.358. The van der Waals surface area contributed by atoms with Crippen LogP contribution in [-0.4, -0.2) is 18.5 Å². The number of rotatable bonds is 6. The molecule has 102 valence electrons. The number of esters is 1. The van der Waals surface area contributed by atoms with Crippen LogP contribution >= 0.6 is 0 Å². The van der Waals surface area contributed by atoms with Gasteiger partial charge in [-0.3, -0.25) is 4.79 Å². The lowest BCUT2D eigenvalue weighted by molar-refractivity contribution is -0.137. The second-order valence-electron chi connectivity index (χ2n) is 4.21. The minimum atomic E-state index is -0.430. The third kappa shape index (κ3) is 6.23. The fourth-order valence-corrected chi connectivity index (χ4v) is 1.55. The van der Waals surface area contributed by atoms with E-state index in [-0.39, 0.29) is 17.7 Å². The van der Waals surface area contributed by atoms with E-state index in [4.69, 9.17) is 4.74 Å². The molecule has 0 aliphatic rings. The number of allylic oxidation sites excluding steroid dienone is 3. The maximum atomic E-state index is 11.5. The number of hydrogen-bond donors (Lipinski definition) is 1. The van der Waals surface area contributed by atoms with Crippen LogP contribution in [0.25, 0.3) is 0 Å². The van der Waals surface area contributed by atoms with Crippen LogP contribution in [0.15, 0.2) is 23.9 Å². The van der Waals surface area contributed by atoms with Crippen molar-refractivity contribution in [1.82, 2.24) is 5.32 Å². The maximum Gasteiger partial charge on any atom is 0.332 e. The van der Waals surface area contributed by atoms with Crippen LogP contribution in [-0.2, 0) is 14.3 Å². The molecule has 0 saturated heterocycles. The molecule has 0 spiro atoms. The van der Waals surface area contributed by atoms with E-state index in [2.05, 4.69) is 5.32 Å². The minimum Gasteiger partial charge on any atom is -0.463 e. The number of nitrogens with one attached hydrogen (secondary N) is 1. The highest BCUT2D eigenvalue weighted by Gasteiger charge is 2.17. The van der Waals surface area contributed by atoms with E-state index in [0.717, 1.165) is 0 Å². The first kappa shape index (κ1) is 16.4. The Kier molecular flexibility index (Phi) is 7.76. The summed E-state index contributed by atoms with van der Waals surface area (Å²) in [7, 11) is 0. The summed E-state index contributed by atoms with van der Waals surface area (Å²) in [6.45, 7) is 9.43. The Morgan fingerprint density at radius 2 is 1.94 bits per heavy atom. The zero-order valence-corrected chi connectivity index (χ0v) is 11.8. The molecular weight excluding hydrogens is 230 g/mol. The number of hydrogen-bond acceptors (Lipinski definition) is 3. The van der Waals surface area contributed by atoms with E-state index in [1.165, 1.54) is 13.0 Å². The van der Waals surface area contributed by atoms with Crippen LogP contribution in [0.2, 0.25) is 0 Å². The first-order valence-corrected chi connectivity index (χ1v) is 6.21. The number of amides is 1. The lowest BCUT2D eigenvalue weighted by Gasteiger charge is -2.20. The second kappa shape index (κ2) is 8.50. The van der Waals surface area contributed by atoms with E-state index in [0.29, 0.717) is 12.3 Å². The van der Waals surface area contributed by atoms with Crippen molar-refractivity contribution in [2.24, 2.45) is 11.8 Å². The summed E-state index contributed by atoms with van der Waals surface area (Å²) in [6.07, 6.45) is 5.35. The van der Waals surface area contributed by atoms with Gasteiger partial charge in [-0.2, -0.15) is 0 Å². The molecule has 0 aromatic rings. The van der Waals surface area contributed by atoms with Crippen molar-refractivity contribution >= 4 is 11.9 Å². The van der Waals surface area contributed by atoms with Gasteiger partial charge in [-0.25, -0.2) is 4.79 Å². The Bertz CT molecular complexity index is 345. The molecule has 4 heteroatoms. The Morgan fingerprint density at radius 1 is 1.33 bits per heavy atom. The fourth-order valence-electron chi connectivity index (χ4n) is 1.55. The Balaban J connectivity index is 4.97. The average molecular weight is 253 g/mol. The highest BCUT2D eigenvalue weighted by Crippen LogP contribution is 2.19. The van der Waals surface area contributed by atoms with E-state index < -0.39 is 5.97 Å². The van der Waals surface area contributed by atoms with Crippen LogP contribution in [0.4, 0.5) is 0 Å². The molecule has 0 radical (unpaired) electrons. The van der Waals surface area contributed by atoms with Gasteiger partial charge in [-0.05, 0) is 19.8 Å². The molecule has 0 aliphatic carbocycles. The minimum absolute atomic E-state index is 0.0366. The van der Waals surface area contributed by atoms with Gasteiger partial charge < -0.3 is 10.1 Å². The molecule has 0 aromatic heterocycles. The molecule has 2 atom stereocenters. The van der Waals surface area contributed by atoms with Crippen molar-refractivity contribution in [2.75, 3.05) is 6.61 Å². The van der Waals surface area contributed by atoms with Gasteiger partial charge in [0.1, 0.15) is 0 Å². The Hall–Kier alpha value is -1.58. The first-order chi connectivity index (χ1) is 8.42. The lowest BCUT2D eigenvalue weighted by atomic mass is 9.92. The standard InChI is InChI=1S/C14H23NO3/c1-6-8-10(3)11(4)13(15-12(5)16)9-14(17)18-7-2/h6,8-11H,7H2,1-5H3,(H,15,16)/b8-6+,13-9+/t10-,11-/m1/s1. The number of carbonyl (C=O) groups excluding carboxylic acids is 2. The summed E-state index contributed by atoms with van der Waals surface area (Å²) >= 11 is 0. The lowest BCUT2D eigenvalue weighted by Crippen LogP contribution is -2.27. The summed E-state index contributed by atoms with van der Waals surface area (Å²) < 4.78 is 4.86. The van der Waals surface area contributed by atoms with Crippen molar-refractivity contribution in [3.05, 3.63) is 23.9 Å². The Labute approximate surface area is 109 Å². The molecule has 0 saturated carbocycles. The van der Waals surface area contributed by atoms with E-state index in [1.807, 2.05) is 32.9 Å². The molecule has 18 heavy (non-hydrogen) atoms. The topological polar surface area (TPSA) is 55.4 Å². The third-order valence-corrected chi connectivity index (χ3v) is 2.66. The van der Waals surface area contributed by atoms with Crippen molar-refractivity contribution in [1.29, 1.82) is 0 Å². The number of ether oxygens (including phenoxy) is 1. The molecule has 1 N–H and O–H groups in total. The predicted molar refractivity (Wildman–Crippen MR) is 71.7 cm³/mol. The predicted octanol–water partition coefficient (Wildman–Crippen LogP) is 2.42. The van der Waals surface area contributed by atoms with Gasteiger partial charge in [0.05, 0.1) is 6.61 Å². The molecule has 0 fully saturated rings. The summed E-state index contributed by atoms with van der Waals surface area (Å²) in [5.41, 5.74) is 0.589. The zero-order chi connectivity index (χ0) is 14.1. The molecule has 0 bridgehead atoms. The van der Waals surface area contributed by atoms with Crippen LogP contribution < -0.4 is 5.32 Å². The zero-order valence-electron chi connectivity index (χ0n) is 11.8. The monoisotopic (exact) mass is 253 g/mol. The van der Waals surface area contributed by atoms with Gasteiger partial charge in [0, 0.05) is 24.6 Å². The van der Waals surface area contributed by atoms with Crippen molar-refractivity contribution in [2.45, 2.75) is 34.6 Å². The first-order valence-electron chi connectivity index (χ1n) is 6.21. The molecule has 0 heterocycles. The van der Waals surface area contributed by atoms with E-state index >= 15 is 0 Å². The SMILES string of the molecule is C/C=C/[C@@H](C)[C@@H](C)/C(=C\C(=O)OCC)NC(C)=O. The van der Waals surface area contributed by atoms with Crippen molar-refractivity contribution < 1.29 is 14.3 Å². The molecule has 4 nitrogen and oxygen atoms in total. The fraction of sp³-hybridized carbons (Fsp3) is 0.571. The smallest absolute Gasteiger partial charge is 0.332 e. The van der Waals surface area contributed by atoms with E-state index in [9.17, 15) is 9.59 Å². The van der Waals surface area contributed by atoms with Crippen LogP contribution in [0.3, 0.4) is 0 Å². The highest BCUT2D eigenvalue weighted by molar-refractivity contribution is 5.84. The number of carbonyl (C=O) groups is 2. The molecule has 0 aromatic carbocycles. The van der Waals surface area contributed by atoms with Crippen molar-refractivity contribution in [3.8, 4) is 0 Å². The summed E-state index contributed by atoms with van der Waals surface area (Å²) in [4.78, 5) is 22.6. The average Bonchev–Trinajstić information content (AvgIpc) is 2.27. The largest absolute Gasteiger partial charge is 0.463 e. The highest BCUT2D eigenvalue weighted by atomic mass is 16.5. The second-order valence-corrected chi connectivity index (χ2v) is 4.21. The van der Waals surface area contributed by atoms with Crippen molar-refractivity contribution in [3.63, 3.8) is 0 Å². The Morgan fingerprint density at radius 3 is 2.39 bits per heavy atom. The van der Waals surface area contributed by atoms with Crippen LogP contribution in [0.1, 0.15) is 34.6 Å². The summed E-state index contributed by atoms with van der Waals surface area (Å²) in [6, 6.07) is 0. The van der Waals surface area contributed by atoms with E-state index in [1.54, 1.807) is 6.92 Å². The van der Waals surface area contributed by atoms with Gasteiger partial charge in [-0.15, -0.1) is 0 Å². The van der Waals surface area contributed by atoms with Gasteiger partial charge in [0.2, 0.25) is 5.91 Å². The van der Waals surface area contributed by atoms with Gasteiger partial charge >= 0.3 is 5.97 Å². The molecule has 0 aliphatic heterocycles. The van der Waals surface area contributed by atoms with Crippen LogP contribution in [0.5, 0.6) is 0 Å². The molecule has 1 amide bonds.